The van der Waals surface area contributed by atoms with E-state index in [-0.39, 0.29) is 0 Å². The Labute approximate surface area is 142 Å². The van der Waals surface area contributed by atoms with Crippen molar-refractivity contribution in [2.45, 2.75) is 78.2 Å². The second kappa shape index (κ2) is 12.2. The fourth-order valence-corrected chi connectivity index (χ4v) is 2.80. The lowest BCUT2D eigenvalue weighted by atomic mass is 10.1. The molecule has 2 N–H and O–H groups in total. The Morgan fingerprint density at radius 2 is 1.57 bits per heavy atom. The molecule has 0 bridgehead atoms. The summed E-state index contributed by atoms with van der Waals surface area (Å²) in [6, 6.07) is 4.19. The van der Waals surface area contributed by atoms with Crippen molar-refractivity contribution in [2.75, 3.05) is 13.7 Å². The summed E-state index contributed by atoms with van der Waals surface area (Å²) in [5.41, 5.74) is 8.15. The lowest BCUT2D eigenvalue weighted by Crippen LogP contribution is -2.06. The zero-order valence-electron chi connectivity index (χ0n) is 15.3. The first kappa shape index (κ1) is 19.8. The number of hydrogen-bond donors (Lipinski definition) is 1. The van der Waals surface area contributed by atoms with E-state index in [4.69, 9.17) is 15.2 Å². The van der Waals surface area contributed by atoms with Crippen molar-refractivity contribution in [3.63, 3.8) is 0 Å². The normalized spacial score (nSPS) is 10.8. The Morgan fingerprint density at radius 3 is 2.13 bits per heavy atom. The predicted octanol–water partition coefficient (Wildman–Crippen LogP) is 5.24. The molecular formula is C20H35NO2. The van der Waals surface area contributed by atoms with Gasteiger partial charge in [0.15, 0.2) is 11.5 Å². The van der Waals surface area contributed by atoms with E-state index < -0.39 is 0 Å². The molecule has 0 saturated carbocycles. The van der Waals surface area contributed by atoms with E-state index in [0.717, 1.165) is 36.5 Å². The minimum Gasteiger partial charge on any atom is -0.493 e. The molecule has 1 aromatic carbocycles. The second-order valence-electron chi connectivity index (χ2n) is 6.17. The van der Waals surface area contributed by atoms with Crippen LogP contribution >= 0.6 is 0 Å². The summed E-state index contributed by atoms with van der Waals surface area (Å²) in [5.74, 6) is 1.64. The maximum Gasteiger partial charge on any atom is 0.165 e. The molecule has 0 heterocycles. The zero-order valence-corrected chi connectivity index (χ0v) is 15.3. The van der Waals surface area contributed by atoms with Crippen molar-refractivity contribution in [2.24, 2.45) is 5.73 Å². The third-order valence-corrected chi connectivity index (χ3v) is 4.28. The van der Waals surface area contributed by atoms with Crippen molar-refractivity contribution in [1.29, 1.82) is 0 Å². The second-order valence-corrected chi connectivity index (χ2v) is 6.17. The number of ether oxygens (including phenoxy) is 2. The van der Waals surface area contributed by atoms with Crippen molar-refractivity contribution in [3.05, 3.63) is 23.3 Å². The molecule has 1 rings (SSSR count). The highest BCUT2D eigenvalue weighted by atomic mass is 16.5. The first-order valence-electron chi connectivity index (χ1n) is 9.29. The van der Waals surface area contributed by atoms with E-state index in [0.29, 0.717) is 6.54 Å². The van der Waals surface area contributed by atoms with E-state index in [2.05, 4.69) is 26.0 Å². The third kappa shape index (κ3) is 7.26. The summed E-state index contributed by atoms with van der Waals surface area (Å²) in [7, 11) is 1.69. The Bertz CT molecular complexity index is 407. The van der Waals surface area contributed by atoms with Crippen LogP contribution in [0.2, 0.25) is 0 Å². The first-order valence-corrected chi connectivity index (χ1v) is 9.29. The summed E-state index contributed by atoms with van der Waals surface area (Å²) >= 11 is 0. The average molecular weight is 322 g/mol. The molecule has 132 valence electrons. The molecule has 0 spiro atoms. The number of hydrogen-bond acceptors (Lipinski definition) is 3. The summed E-state index contributed by atoms with van der Waals surface area (Å²) in [4.78, 5) is 0. The smallest absolute Gasteiger partial charge is 0.165 e. The highest BCUT2D eigenvalue weighted by molar-refractivity contribution is 5.49. The van der Waals surface area contributed by atoms with Crippen molar-refractivity contribution in [1.82, 2.24) is 0 Å². The van der Waals surface area contributed by atoms with Gasteiger partial charge in [0.25, 0.3) is 0 Å². The van der Waals surface area contributed by atoms with Gasteiger partial charge in [0, 0.05) is 12.1 Å². The summed E-state index contributed by atoms with van der Waals surface area (Å²) in [6.07, 6.45) is 11.4. The van der Waals surface area contributed by atoms with Gasteiger partial charge in [0.2, 0.25) is 0 Å². The first-order chi connectivity index (χ1) is 11.3. The Morgan fingerprint density at radius 1 is 0.913 bits per heavy atom. The van der Waals surface area contributed by atoms with Gasteiger partial charge in [-0.15, -0.1) is 0 Å². The van der Waals surface area contributed by atoms with Crippen molar-refractivity contribution < 1.29 is 9.47 Å². The van der Waals surface area contributed by atoms with Crippen LogP contribution in [0.1, 0.15) is 76.3 Å². The van der Waals surface area contributed by atoms with Crippen LogP contribution in [0.25, 0.3) is 0 Å². The number of aryl methyl sites for hydroxylation is 1. The molecule has 0 saturated heterocycles. The molecule has 0 radical (unpaired) electrons. The number of rotatable bonds is 13. The van der Waals surface area contributed by atoms with Gasteiger partial charge in [-0.05, 0) is 24.5 Å². The average Bonchev–Trinajstić information content (AvgIpc) is 2.59. The van der Waals surface area contributed by atoms with Crippen molar-refractivity contribution in [3.8, 4) is 11.5 Å². The van der Waals surface area contributed by atoms with Crippen LogP contribution < -0.4 is 15.2 Å². The molecule has 3 heteroatoms. The lowest BCUT2D eigenvalue weighted by molar-refractivity contribution is 0.281. The molecule has 3 nitrogen and oxygen atoms in total. The molecule has 0 aliphatic rings. The van der Waals surface area contributed by atoms with Crippen LogP contribution in [-0.4, -0.2) is 13.7 Å². The Balaban J connectivity index is 2.36. The van der Waals surface area contributed by atoms with E-state index in [9.17, 15) is 0 Å². The molecule has 0 fully saturated rings. The zero-order chi connectivity index (χ0) is 16.9. The van der Waals surface area contributed by atoms with Gasteiger partial charge in [0.05, 0.1) is 13.7 Å². The van der Waals surface area contributed by atoms with Crippen LogP contribution in [-0.2, 0) is 13.0 Å². The van der Waals surface area contributed by atoms with E-state index >= 15 is 0 Å². The van der Waals surface area contributed by atoms with Crippen LogP contribution in [0, 0.1) is 0 Å². The van der Waals surface area contributed by atoms with Crippen LogP contribution in [0.3, 0.4) is 0 Å². The quantitative estimate of drug-likeness (QED) is 0.506. The van der Waals surface area contributed by atoms with E-state index in [1.54, 1.807) is 7.11 Å². The summed E-state index contributed by atoms with van der Waals surface area (Å²) < 4.78 is 11.5. The minimum atomic E-state index is 0.483. The van der Waals surface area contributed by atoms with Gasteiger partial charge in [-0.2, -0.15) is 0 Å². The van der Waals surface area contributed by atoms with Gasteiger partial charge < -0.3 is 15.2 Å². The van der Waals surface area contributed by atoms with Crippen molar-refractivity contribution >= 4 is 0 Å². The van der Waals surface area contributed by atoms with E-state index in [1.165, 1.54) is 50.5 Å². The Hall–Kier alpha value is -1.22. The van der Waals surface area contributed by atoms with Gasteiger partial charge >= 0.3 is 0 Å². The highest BCUT2D eigenvalue weighted by Crippen LogP contribution is 2.33. The number of benzene rings is 1. The maximum absolute atomic E-state index is 5.99. The predicted molar refractivity (Wildman–Crippen MR) is 98.4 cm³/mol. The van der Waals surface area contributed by atoms with Gasteiger partial charge in [-0.3, -0.25) is 0 Å². The monoisotopic (exact) mass is 321 g/mol. The minimum absolute atomic E-state index is 0.483. The Kier molecular flexibility index (Phi) is 10.5. The number of methoxy groups -OCH3 is 1. The lowest BCUT2D eigenvalue weighted by Gasteiger charge is -2.16. The molecule has 0 aliphatic heterocycles. The fourth-order valence-electron chi connectivity index (χ4n) is 2.80. The topological polar surface area (TPSA) is 44.5 Å². The summed E-state index contributed by atoms with van der Waals surface area (Å²) in [5, 5.41) is 0. The van der Waals surface area contributed by atoms with Gasteiger partial charge in [-0.25, -0.2) is 0 Å². The molecule has 0 unspecified atom stereocenters. The standard InChI is InChI=1S/C20H35NO2/c1-4-6-7-8-9-10-11-12-13-23-20-18(16-21)14-17(5-2)15-19(20)22-3/h14-15H,4-13,16,21H2,1-3H3. The van der Waals surface area contributed by atoms with Crippen LogP contribution in [0.15, 0.2) is 12.1 Å². The molecule has 23 heavy (non-hydrogen) atoms. The molecule has 1 aromatic rings. The maximum atomic E-state index is 5.99. The van der Waals surface area contributed by atoms with Crippen LogP contribution in [0.4, 0.5) is 0 Å². The van der Waals surface area contributed by atoms with E-state index in [1.807, 2.05) is 0 Å². The highest BCUT2D eigenvalue weighted by Gasteiger charge is 2.11. The third-order valence-electron chi connectivity index (χ3n) is 4.28. The number of nitrogens with two attached hydrogens (primary N) is 1. The van der Waals surface area contributed by atoms with Gasteiger partial charge in [-0.1, -0.05) is 64.9 Å². The molecule has 0 amide bonds. The van der Waals surface area contributed by atoms with Crippen LogP contribution in [0.5, 0.6) is 11.5 Å². The van der Waals surface area contributed by atoms with Gasteiger partial charge in [0.1, 0.15) is 0 Å². The molecular weight excluding hydrogens is 286 g/mol. The number of unbranched alkanes of at least 4 members (excludes halogenated alkanes) is 7. The molecule has 0 aromatic heterocycles. The molecule has 0 aliphatic carbocycles. The summed E-state index contributed by atoms with van der Waals surface area (Å²) in [6.45, 7) is 5.62. The SMILES string of the molecule is CCCCCCCCCCOc1c(CN)cc(CC)cc1OC. The fraction of sp³-hybridized carbons (Fsp3) is 0.700. The molecule has 0 atom stereocenters. The largest absolute Gasteiger partial charge is 0.493 e.